The summed E-state index contributed by atoms with van der Waals surface area (Å²) in [7, 11) is 1.62. The molecule has 6 nitrogen and oxygen atoms in total. The fourth-order valence-corrected chi connectivity index (χ4v) is 4.54. The number of ether oxygens (including phenoxy) is 2. The maximum Gasteiger partial charge on any atom is 0.242 e. The maximum absolute atomic E-state index is 13.0. The summed E-state index contributed by atoms with van der Waals surface area (Å²) in [4.78, 5) is 14.6. The number of amidine groups is 1. The lowest BCUT2D eigenvalue weighted by Crippen LogP contribution is -2.32. The molecule has 0 N–H and O–H groups in total. The van der Waals surface area contributed by atoms with E-state index in [-0.39, 0.29) is 11.2 Å². The van der Waals surface area contributed by atoms with Crippen molar-refractivity contribution >= 4 is 29.1 Å². The van der Waals surface area contributed by atoms with Gasteiger partial charge in [0.15, 0.2) is 16.7 Å². The van der Waals surface area contributed by atoms with Crippen molar-refractivity contribution in [3.63, 3.8) is 0 Å². The van der Waals surface area contributed by atoms with E-state index in [0.29, 0.717) is 36.2 Å². The van der Waals surface area contributed by atoms with Crippen LogP contribution in [0.2, 0.25) is 0 Å². The van der Waals surface area contributed by atoms with Crippen molar-refractivity contribution in [2.75, 3.05) is 20.3 Å². The quantitative estimate of drug-likeness (QED) is 0.197. The summed E-state index contributed by atoms with van der Waals surface area (Å²) in [5, 5.41) is 8.97. The minimum atomic E-state index is -0.223. The molecule has 0 saturated carbocycles. The highest BCUT2D eigenvalue weighted by molar-refractivity contribution is 8.15. The number of nitrogens with zero attached hydrogens (tertiary/aromatic N) is 3. The highest BCUT2D eigenvalue weighted by Crippen LogP contribution is 2.31. The molecule has 1 amide bonds. The number of aryl methyl sites for hydroxylation is 1. The van der Waals surface area contributed by atoms with E-state index in [4.69, 9.17) is 9.47 Å². The Balaban J connectivity index is 1.73. The van der Waals surface area contributed by atoms with Gasteiger partial charge in [-0.2, -0.15) is 5.10 Å². The van der Waals surface area contributed by atoms with Gasteiger partial charge in [-0.1, -0.05) is 55.4 Å². The van der Waals surface area contributed by atoms with Crippen molar-refractivity contribution in [1.82, 2.24) is 4.90 Å². The number of amides is 1. The van der Waals surface area contributed by atoms with E-state index in [0.717, 1.165) is 18.4 Å². The summed E-state index contributed by atoms with van der Waals surface area (Å²) in [5.74, 6) is 1.40. The van der Waals surface area contributed by atoms with Gasteiger partial charge < -0.3 is 9.47 Å². The Morgan fingerprint density at radius 1 is 1.21 bits per heavy atom. The molecule has 1 unspecified atom stereocenters. The van der Waals surface area contributed by atoms with E-state index >= 15 is 0 Å². The van der Waals surface area contributed by atoms with E-state index < -0.39 is 0 Å². The van der Waals surface area contributed by atoms with Gasteiger partial charge in [-0.3, -0.25) is 9.69 Å². The topological polar surface area (TPSA) is 63.5 Å². The highest BCUT2D eigenvalue weighted by Gasteiger charge is 2.37. The second-order valence-electron chi connectivity index (χ2n) is 7.71. The normalized spacial score (nSPS) is 17.2. The maximum atomic E-state index is 13.0. The van der Waals surface area contributed by atoms with Crippen LogP contribution in [0.3, 0.4) is 0 Å². The number of unbranched alkanes of at least 4 members (excludes halogenated alkanes) is 1. The van der Waals surface area contributed by atoms with Crippen LogP contribution in [0.4, 0.5) is 0 Å². The molecule has 1 aliphatic rings. The summed E-state index contributed by atoms with van der Waals surface area (Å²) in [6, 6.07) is 13.8. The highest BCUT2D eigenvalue weighted by atomic mass is 32.2. The van der Waals surface area contributed by atoms with Crippen molar-refractivity contribution in [3.8, 4) is 11.5 Å². The number of carbonyl (C=O) groups is 1. The monoisotopic (exact) mass is 465 g/mol. The third-order valence-corrected chi connectivity index (χ3v) is 6.46. The average molecular weight is 466 g/mol. The number of hydrogen-bond acceptors (Lipinski definition) is 6. The van der Waals surface area contributed by atoms with Crippen molar-refractivity contribution in [2.24, 2.45) is 10.2 Å². The standard InChI is InChI=1S/C26H31N3O3S/c1-5-7-15-32-22-13-12-20(16-23(22)31-4)18-27-28-26-29(14-6-2)25(30)24(33-26)17-21-11-9-8-10-19(21)3/h6,8-13,16,18,24H,2,5,7,14-15,17H2,1,3-4H3/b27-18+,28-26+. The molecule has 2 aromatic carbocycles. The van der Waals surface area contributed by atoms with E-state index in [9.17, 15) is 4.79 Å². The summed E-state index contributed by atoms with van der Waals surface area (Å²) < 4.78 is 11.2. The zero-order valence-electron chi connectivity index (χ0n) is 19.5. The zero-order chi connectivity index (χ0) is 23.6. The van der Waals surface area contributed by atoms with Crippen molar-refractivity contribution in [2.45, 2.75) is 38.4 Å². The Morgan fingerprint density at radius 3 is 2.76 bits per heavy atom. The van der Waals surface area contributed by atoms with Crippen LogP contribution < -0.4 is 9.47 Å². The fraction of sp³-hybridized carbons (Fsp3) is 0.346. The van der Waals surface area contributed by atoms with Crippen LogP contribution in [0.1, 0.15) is 36.5 Å². The molecule has 0 bridgehead atoms. The van der Waals surface area contributed by atoms with E-state index in [2.05, 4.69) is 42.8 Å². The van der Waals surface area contributed by atoms with E-state index in [1.807, 2.05) is 30.3 Å². The Morgan fingerprint density at radius 2 is 2.03 bits per heavy atom. The van der Waals surface area contributed by atoms with Gasteiger partial charge in [-0.25, -0.2) is 0 Å². The SMILES string of the molecule is C=CCN1C(=O)C(Cc2ccccc2C)S/C1=N/N=C/c1ccc(OCCCC)c(OC)c1. The lowest BCUT2D eigenvalue weighted by atomic mass is 10.0. The van der Waals surface area contributed by atoms with Crippen molar-refractivity contribution in [1.29, 1.82) is 0 Å². The van der Waals surface area contributed by atoms with Gasteiger partial charge in [-0.15, -0.1) is 11.7 Å². The molecule has 1 aliphatic heterocycles. The molecule has 174 valence electrons. The molecule has 2 aromatic rings. The zero-order valence-corrected chi connectivity index (χ0v) is 20.3. The molecule has 0 aromatic heterocycles. The summed E-state index contributed by atoms with van der Waals surface area (Å²) in [6.45, 7) is 9.02. The molecular weight excluding hydrogens is 434 g/mol. The van der Waals surface area contributed by atoms with Crippen molar-refractivity contribution in [3.05, 3.63) is 71.8 Å². The number of carbonyl (C=O) groups excluding carboxylic acids is 1. The van der Waals surface area contributed by atoms with Crippen LogP contribution in [0.25, 0.3) is 0 Å². The predicted octanol–water partition coefficient (Wildman–Crippen LogP) is 5.25. The first-order valence-electron chi connectivity index (χ1n) is 11.1. The summed E-state index contributed by atoms with van der Waals surface area (Å²) >= 11 is 1.45. The second kappa shape index (κ2) is 12.3. The van der Waals surface area contributed by atoms with Crippen LogP contribution in [0, 0.1) is 6.92 Å². The van der Waals surface area contributed by atoms with Gasteiger partial charge in [0.1, 0.15) is 0 Å². The Labute approximate surface area is 200 Å². The molecule has 1 fully saturated rings. The van der Waals surface area contributed by atoms with Crippen LogP contribution >= 0.6 is 11.8 Å². The summed E-state index contributed by atoms with van der Waals surface area (Å²) in [6.07, 6.45) is 6.07. The Hall–Kier alpha value is -3.06. The van der Waals surface area contributed by atoms with Crippen molar-refractivity contribution < 1.29 is 14.3 Å². The molecule has 1 saturated heterocycles. The molecule has 33 heavy (non-hydrogen) atoms. The molecule has 0 aliphatic carbocycles. The number of thioether (sulfide) groups is 1. The first-order chi connectivity index (χ1) is 16.1. The third kappa shape index (κ3) is 6.48. The fourth-order valence-electron chi connectivity index (χ4n) is 3.41. The third-order valence-electron chi connectivity index (χ3n) is 5.29. The minimum absolute atomic E-state index is 0.0346. The van der Waals surface area contributed by atoms with Crippen LogP contribution in [-0.2, 0) is 11.2 Å². The van der Waals surface area contributed by atoms with Gasteiger partial charge in [0.2, 0.25) is 5.91 Å². The Kier molecular flexibility index (Phi) is 9.13. The Bertz CT molecular complexity index is 1040. The first-order valence-corrected chi connectivity index (χ1v) is 12.0. The van der Waals surface area contributed by atoms with Gasteiger partial charge in [0.25, 0.3) is 0 Å². The lowest BCUT2D eigenvalue weighted by Gasteiger charge is -2.13. The predicted molar refractivity (Wildman–Crippen MR) is 137 cm³/mol. The second-order valence-corrected chi connectivity index (χ2v) is 8.88. The number of hydrogen-bond donors (Lipinski definition) is 0. The largest absolute Gasteiger partial charge is 0.493 e. The first kappa shape index (κ1) is 24.6. The molecule has 1 atom stereocenters. The number of rotatable bonds is 11. The molecule has 0 radical (unpaired) electrons. The van der Waals surface area contributed by atoms with Crippen LogP contribution in [0.5, 0.6) is 11.5 Å². The number of methoxy groups -OCH3 is 1. The molecule has 3 rings (SSSR count). The lowest BCUT2D eigenvalue weighted by molar-refractivity contribution is -0.125. The molecule has 0 spiro atoms. The average Bonchev–Trinajstić information content (AvgIpc) is 3.11. The van der Waals surface area contributed by atoms with Gasteiger partial charge in [0, 0.05) is 6.54 Å². The smallest absolute Gasteiger partial charge is 0.242 e. The molecule has 7 heteroatoms. The minimum Gasteiger partial charge on any atom is -0.493 e. The molecular formula is C26H31N3O3S. The van der Waals surface area contributed by atoms with Gasteiger partial charge >= 0.3 is 0 Å². The van der Waals surface area contributed by atoms with Crippen LogP contribution in [0.15, 0.2) is 65.3 Å². The van der Waals surface area contributed by atoms with Gasteiger partial charge in [-0.05, 0) is 54.7 Å². The van der Waals surface area contributed by atoms with Gasteiger partial charge in [0.05, 0.1) is 25.2 Å². The molecule has 1 heterocycles. The van der Waals surface area contributed by atoms with Crippen LogP contribution in [-0.4, -0.2) is 47.7 Å². The number of benzene rings is 2. The van der Waals surface area contributed by atoms with E-state index in [1.54, 1.807) is 24.3 Å². The summed E-state index contributed by atoms with van der Waals surface area (Å²) in [5.41, 5.74) is 3.18. The van der Waals surface area contributed by atoms with E-state index in [1.165, 1.54) is 22.9 Å².